The molecule has 0 aromatic heterocycles. The van der Waals surface area contributed by atoms with Gasteiger partial charge in [-0.3, -0.25) is 4.79 Å². The maximum atomic E-state index is 10.8. The number of hydrogen-bond acceptors (Lipinski definition) is 1. The van der Waals surface area contributed by atoms with Crippen LogP contribution in [0.25, 0.3) is 0 Å². The maximum absolute atomic E-state index is 10.8. The Bertz CT molecular complexity index is 118. The normalized spacial score (nSPS) is 30.7. The Morgan fingerprint density at radius 1 is 1.18 bits per heavy atom. The van der Waals surface area contributed by atoms with E-state index in [0.717, 1.165) is 25.2 Å². The molecule has 1 heteroatoms. The van der Waals surface area contributed by atoms with E-state index in [4.69, 9.17) is 0 Å². The fourth-order valence-corrected chi connectivity index (χ4v) is 1.34. The third-order valence-electron chi connectivity index (χ3n) is 2.40. The molecule has 0 aromatic rings. The van der Waals surface area contributed by atoms with Crippen LogP contribution in [-0.2, 0) is 4.79 Å². The van der Waals surface area contributed by atoms with Crippen LogP contribution in [0.15, 0.2) is 0 Å². The van der Waals surface area contributed by atoms with Crippen LogP contribution in [0.1, 0.15) is 47.0 Å². The second-order valence-electron chi connectivity index (χ2n) is 3.24. The highest BCUT2D eigenvalue weighted by Gasteiger charge is 2.21. The number of carbonyl (C=O) groups is 1. The minimum Gasteiger partial charge on any atom is -0.300 e. The highest BCUT2D eigenvalue weighted by Crippen LogP contribution is 2.26. The van der Waals surface area contributed by atoms with Crippen molar-refractivity contribution < 1.29 is 4.79 Å². The van der Waals surface area contributed by atoms with Gasteiger partial charge in [-0.15, -0.1) is 0 Å². The van der Waals surface area contributed by atoms with Gasteiger partial charge in [0.2, 0.25) is 0 Å². The Hall–Kier alpha value is -0.330. The molecule has 2 unspecified atom stereocenters. The first-order valence-corrected chi connectivity index (χ1v) is 4.72. The van der Waals surface area contributed by atoms with E-state index < -0.39 is 0 Å². The smallest absolute Gasteiger partial charge is 0.133 e. The lowest BCUT2D eigenvalue weighted by molar-refractivity contribution is -0.122. The molecule has 0 saturated heterocycles. The summed E-state index contributed by atoms with van der Waals surface area (Å²) in [4.78, 5) is 10.8. The van der Waals surface area contributed by atoms with Crippen LogP contribution in [0.2, 0.25) is 0 Å². The van der Waals surface area contributed by atoms with E-state index in [-0.39, 0.29) is 0 Å². The molecule has 1 saturated carbocycles. The first kappa shape index (κ1) is 10.7. The van der Waals surface area contributed by atoms with E-state index >= 15 is 0 Å². The predicted octanol–water partition coefficient (Wildman–Crippen LogP) is 3.04. The average Bonchev–Trinajstić information content (AvgIpc) is 2.02. The van der Waals surface area contributed by atoms with Crippen LogP contribution in [0.5, 0.6) is 0 Å². The summed E-state index contributed by atoms with van der Waals surface area (Å²) in [5, 5.41) is 0. The number of ketones is 1. The summed E-state index contributed by atoms with van der Waals surface area (Å²) >= 11 is 0. The Morgan fingerprint density at radius 3 is 2.09 bits per heavy atom. The molecule has 1 rings (SSSR count). The van der Waals surface area contributed by atoms with Gasteiger partial charge in [0.25, 0.3) is 0 Å². The standard InChI is InChI=1S/C8H14O.C2H6/c1-6-3-4-8(9)5-7(6)2;1-2/h6-7H,3-5H2,1-2H3;1-2H3. The molecule has 1 aliphatic rings. The second-order valence-corrected chi connectivity index (χ2v) is 3.24. The molecule has 0 aromatic carbocycles. The molecule has 0 bridgehead atoms. The Kier molecular flexibility index (Phi) is 5.18. The molecule has 2 atom stereocenters. The number of hydrogen-bond donors (Lipinski definition) is 0. The van der Waals surface area contributed by atoms with Crippen LogP contribution in [0.4, 0.5) is 0 Å². The lowest BCUT2D eigenvalue weighted by Crippen LogP contribution is -2.19. The fourth-order valence-electron chi connectivity index (χ4n) is 1.34. The topological polar surface area (TPSA) is 17.1 Å². The van der Waals surface area contributed by atoms with Crippen LogP contribution >= 0.6 is 0 Å². The zero-order valence-electron chi connectivity index (χ0n) is 8.18. The fraction of sp³-hybridized carbons (Fsp3) is 0.900. The quantitative estimate of drug-likeness (QED) is 0.527. The molecule has 0 aliphatic heterocycles. The van der Waals surface area contributed by atoms with Gasteiger partial charge in [-0.05, 0) is 18.3 Å². The summed E-state index contributed by atoms with van der Waals surface area (Å²) < 4.78 is 0. The van der Waals surface area contributed by atoms with E-state index in [0.29, 0.717) is 11.7 Å². The van der Waals surface area contributed by atoms with Gasteiger partial charge in [0.15, 0.2) is 0 Å². The molecular weight excluding hydrogens is 136 g/mol. The molecule has 11 heavy (non-hydrogen) atoms. The van der Waals surface area contributed by atoms with E-state index in [9.17, 15) is 4.79 Å². The zero-order valence-corrected chi connectivity index (χ0v) is 8.18. The van der Waals surface area contributed by atoms with Crippen molar-refractivity contribution in [2.24, 2.45) is 11.8 Å². The van der Waals surface area contributed by atoms with Crippen LogP contribution < -0.4 is 0 Å². The second kappa shape index (κ2) is 5.34. The minimum absolute atomic E-state index is 0.459. The molecule has 1 nitrogen and oxygen atoms in total. The van der Waals surface area contributed by atoms with Crippen LogP contribution in [0.3, 0.4) is 0 Å². The van der Waals surface area contributed by atoms with Crippen molar-refractivity contribution in [2.75, 3.05) is 0 Å². The average molecular weight is 156 g/mol. The Labute approximate surface area is 70.2 Å². The molecule has 0 N–H and O–H groups in total. The summed E-state index contributed by atoms with van der Waals surface area (Å²) in [5.74, 6) is 1.86. The zero-order chi connectivity index (χ0) is 8.85. The number of rotatable bonds is 0. The highest BCUT2D eigenvalue weighted by atomic mass is 16.1. The van der Waals surface area contributed by atoms with Gasteiger partial charge >= 0.3 is 0 Å². The first-order chi connectivity index (χ1) is 5.20. The van der Waals surface area contributed by atoms with Gasteiger partial charge < -0.3 is 0 Å². The van der Waals surface area contributed by atoms with Crippen molar-refractivity contribution in [3.63, 3.8) is 0 Å². The van der Waals surface area contributed by atoms with E-state index in [2.05, 4.69) is 13.8 Å². The highest BCUT2D eigenvalue weighted by molar-refractivity contribution is 5.79. The predicted molar refractivity (Wildman–Crippen MR) is 48.5 cm³/mol. The van der Waals surface area contributed by atoms with Crippen molar-refractivity contribution in [3.05, 3.63) is 0 Å². The lowest BCUT2D eigenvalue weighted by atomic mass is 9.81. The van der Waals surface area contributed by atoms with Gasteiger partial charge in [-0.1, -0.05) is 27.7 Å². The molecule has 0 heterocycles. The van der Waals surface area contributed by atoms with E-state index in [1.54, 1.807) is 0 Å². The van der Waals surface area contributed by atoms with Gasteiger partial charge in [0.05, 0.1) is 0 Å². The monoisotopic (exact) mass is 156 g/mol. The molecule has 1 fully saturated rings. The molecule has 1 aliphatic carbocycles. The van der Waals surface area contributed by atoms with Gasteiger partial charge in [0, 0.05) is 12.8 Å². The van der Waals surface area contributed by atoms with Crippen molar-refractivity contribution in [1.82, 2.24) is 0 Å². The summed E-state index contributed by atoms with van der Waals surface area (Å²) in [5.41, 5.74) is 0. The first-order valence-electron chi connectivity index (χ1n) is 4.72. The molecular formula is C10H20O. The summed E-state index contributed by atoms with van der Waals surface area (Å²) in [6, 6.07) is 0. The van der Waals surface area contributed by atoms with E-state index in [1.165, 1.54) is 0 Å². The SMILES string of the molecule is CC.CC1CCC(=O)CC1C. The van der Waals surface area contributed by atoms with Crippen LogP contribution in [0, 0.1) is 11.8 Å². The Balaban J connectivity index is 0.000000461. The van der Waals surface area contributed by atoms with E-state index in [1.807, 2.05) is 13.8 Å². The minimum atomic E-state index is 0.459. The van der Waals surface area contributed by atoms with Gasteiger partial charge in [0.1, 0.15) is 5.78 Å². The Morgan fingerprint density at radius 2 is 1.73 bits per heavy atom. The molecule has 0 radical (unpaired) electrons. The number of carbonyl (C=O) groups excluding carboxylic acids is 1. The van der Waals surface area contributed by atoms with Crippen molar-refractivity contribution in [3.8, 4) is 0 Å². The van der Waals surface area contributed by atoms with Crippen molar-refractivity contribution in [1.29, 1.82) is 0 Å². The summed E-state index contributed by atoms with van der Waals surface area (Å²) in [6.07, 6.45) is 2.76. The van der Waals surface area contributed by atoms with Crippen LogP contribution in [-0.4, -0.2) is 5.78 Å². The van der Waals surface area contributed by atoms with Gasteiger partial charge in [-0.2, -0.15) is 0 Å². The van der Waals surface area contributed by atoms with Crippen molar-refractivity contribution in [2.45, 2.75) is 47.0 Å². The van der Waals surface area contributed by atoms with Crippen molar-refractivity contribution >= 4 is 5.78 Å². The number of Topliss-reactive ketones (excluding diaryl/α,β-unsaturated/α-hetero) is 1. The molecule has 0 amide bonds. The maximum Gasteiger partial charge on any atom is 0.133 e. The molecule has 0 spiro atoms. The third-order valence-corrected chi connectivity index (χ3v) is 2.40. The summed E-state index contributed by atoms with van der Waals surface area (Å²) in [6.45, 7) is 8.40. The largest absolute Gasteiger partial charge is 0.300 e. The van der Waals surface area contributed by atoms with Gasteiger partial charge in [-0.25, -0.2) is 0 Å². The molecule has 66 valence electrons. The lowest BCUT2D eigenvalue weighted by Gasteiger charge is -2.23. The third kappa shape index (κ3) is 3.54. The summed E-state index contributed by atoms with van der Waals surface area (Å²) in [7, 11) is 0.